The van der Waals surface area contributed by atoms with Crippen LogP contribution >= 0.6 is 0 Å². The van der Waals surface area contributed by atoms with Gasteiger partial charge in [0, 0.05) is 6.42 Å². The first kappa shape index (κ1) is 17.2. The molecule has 0 aliphatic heterocycles. The van der Waals surface area contributed by atoms with Crippen LogP contribution in [0, 0.1) is 0 Å². The molecule has 0 aromatic heterocycles. The van der Waals surface area contributed by atoms with Gasteiger partial charge in [0.2, 0.25) is 11.8 Å². The SMILES string of the molecule is CCCCCC=CC(=O)N[C@@H](CCC(N)=O)C(=O)O. The molecule has 2 amide bonds. The zero-order valence-corrected chi connectivity index (χ0v) is 11.2. The lowest BCUT2D eigenvalue weighted by atomic mass is 10.1. The fraction of sp³-hybridized carbons (Fsp3) is 0.615. The topological polar surface area (TPSA) is 109 Å². The zero-order chi connectivity index (χ0) is 14.7. The fourth-order valence-corrected chi connectivity index (χ4v) is 1.47. The quantitative estimate of drug-likeness (QED) is 0.405. The van der Waals surface area contributed by atoms with Gasteiger partial charge in [0.1, 0.15) is 6.04 Å². The van der Waals surface area contributed by atoms with Gasteiger partial charge in [-0.25, -0.2) is 4.79 Å². The van der Waals surface area contributed by atoms with Gasteiger partial charge < -0.3 is 16.2 Å². The summed E-state index contributed by atoms with van der Waals surface area (Å²) in [5, 5.41) is 11.2. The number of carbonyl (C=O) groups is 3. The maximum atomic E-state index is 11.5. The molecule has 1 atom stereocenters. The van der Waals surface area contributed by atoms with Gasteiger partial charge in [0.05, 0.1) is 0 Å². The number of carbonyl (C=O) groups excluding carboxylic acids is 2. The normalized spacial score (nSPS) is 12.3. The molecule has 0 spiro atoms. The molecule has 0 saturated carbocycles. The zero-order valence-electron chi connectivity index (χ0n) is 11.2. The molecule has 108 valence electrons. The summed E-state index contributed by atoms with van der Waals surface area (Å²) in [6, 6.07) is -1.08. The van der Waals surface area contributed by atoms with E-state index in [1.807, 2.05) is 0 Å². The van der Waals surface area contributed by atoms with Crippen molar-refractivity contribution in [1.82, 2.24) is 5.32 Å². The smallest absolute Gasteiger partial charge is 0.326 e. The Morgan fingerprint density at radius 3 is 2.53 bits per heavy atom. The third kappa shape index (κ3) is 9.82. The monoisotopic (exact) mass is 270 g/mol. The lowest BCUT2D eigenvalue weighted by Crippen LogP contribution is -2.40. The first-order chi connectivity index (χ1) is 8.97. The Hall–Kier alpha value is -1.85. The predicted molar refractivity (Wildman–Crippen MR) is 71.3 cm³/mol. The van der Waals surface area contributed by atoms with E-state index in [0.29, 0.717) is 0 Å². The van der Waals surface area contributed by atoms with Crippen LogP contribution in [0.3, 0.4) is 0 Å². The number of nitrogens with one attached hydrogen (secondary N) is 1. The second kappa shape index (κ2) is 10.1. The van der Waals surface area contributed by atoms with Crippen molar-refractivity contribution in [2.75, 3.05) is 0 Å². The number of allylic oxidation sites excluding steroid dienone is 1. The van der Waals surface area contributed by atoms with E-state index >= 15 is 0 Å². The van der Waals surface area contributed by atoms with Crippen molar-refractivity contribution in [1.29, 1.82) is 0 Å². The van der Waals surface area contributed by atoms with Crippen molar-refractivity contribution >= 4 is 17.8 Å². The van der Waals surface area contributed by atoms with Crippen molar-refractivity contribution in [2.24, 2.45) is 5.73 Å². The van der Waals surface area contributed by atoms with Gasteiger partial charge in [-0.05, 0) is 25.3 Å². The van der Waals surface area contributed by atoms with E-state index in [0.717, 1.165) is 25.7 Å². The van der Waals surface area contributed by atoms with Crippen molar-refractivity contribution in [3.63, 3.8) is 0 Å². The Bertz CT molecular complexity index is 340. The molecule has 6 nitrogen and oxygen atoms in total. The summed E-state index contributed by atoms with van der Waals surface area (Å²) in [5.41, 5.74) is 4.94. The second-order valence-electron chi connectivity index (χ2n) is 4.30. The number of carboxylic acids is 1. The number of hydrogen-bond acceptors (Lipinski definition) is 3. The van der Waals surface area contributed by atoms with Crippen molar-refractivity contribution in [3.05, 3.63) is 12.2 Å². The van der Waals surface area contributed by atoms with E-state index in [4.69, 9.17) is 10.8 Å². The minimum Gasteiger partial charge on any atom is -0.480 e. The Morgan fingerprint density at radius 2 is 2.00 bits per heavy atom. The number of aliphatic carboxylic acids is 1. The Kier molecular flexibility index (Phi) is 9.12. The average molecular weight is 270 g/mol. The third-order valence-electron chi connectivity index (χ3n) is 2.54. The van der Waals surface area contributed by atoms with Crippen LogP contribution in [0.25, 0.3) is 0 Å². The van der Waals surface area contributed by atoms with Gasteiger partial charge in [0.15, 0.2) is 0 Å². The van der Waals surface area contributed by atoms with E-state index in [9.17, 15) is 14.4 Å². The lowest BCUT2D eigenvalue weighted by molar-refractivity contribution is -0.141. The summed E-state index contributed by atoms with van der Waals surface area (Å²) in [4.78, 5) is 32.9. The summed E-state index contributed by atoms with van der Waals surface area (Å²) < 4.78 is 0. The highest BCUT2D eigenvalue weighted by Gasteiger charge is 2.19. The number of amides is 2. The molecule has 0 heterocycles. The molecule has 0 aliphatic carbocycles. The number of hydrogen-bond donors (Lipinski definition) is 3. The van der Waals surface area contributed by atoms with Gasteiger partial charge in [0.25, 0.3) is 0 Å². The van der Waals surface area contributed by atoms with E-state index < -0.39 is 23.8 Å². The summed E-state index contributed by atoms with van der Waals surface area (Å²) >= 11 is 0. The van der Waals surface area contributed by atoms with Crippen LogP contribution in [0.15, 0.2) is 12.2 Å². The molecule has 0 aromatic rings. The maximum Gasteiger partial charge on any atom is 0.326 e. The Morgan fingerprint density at radius 1 is 1.32 bits per heavy atom. The minimum absolute atomic E-state index is 0.0000807. The highest BCUT2D eigenvalue weighted by Crippen LogP contribution is 2.00. The van der Waals surface area contributed by atoms with Crippen LogP contribution < -0.4 is 11.1 Å². The molecular weight excluding hydrogens is 248 g/mol. The van der Waals surface area contributed by atoms with Gasteiger partial charge in [-0.3, -0.25) is 9.59 Å². The van der Waals surface area contributed by atoms with Crippen LogP contribution in [0.1, 0.15) is 45.4 Å². The number of unbranched alkanes of at least 4 members (excludes halogenated alkanes) is 3. The molecule has 0 fully saturated rings. The summed E-state index contributed by atoms with van der Waals surface area (Å²) in [7, 11) is 0. The average Bonchev–Trinajstić information content (AvgIpc) is 2.33. The summed E-state index contributed by atoms with van der Waals surface area (Å²) in [6.45, 7) is 2.09. The predicted octanol–water partition coefficient (Wildman–Crippen LogP) is 0.958. The molecule has 4 N–H and O–H groups in total. The van der Waals surface area contributed by atoms with Gasteiger partial charge in [-0.1, -0.05) is 25.8 Å². The van der Waals surface area contributed by atoms with E-state index in [1.54, 1.807) is 6.08 Å². The van der Waals surface area contributed by atoms with Gasteiger partial charge >= 0.3 is 5.97 Å². The summed E-state index contributed by atoms with van der Waals surface area (Å²) in [6.07, 6.45) is 6.98. The standard InChI is InChI=1S/C13H22N2O4/c1-2-3-4-5-6-7-12(17)15-10(13(18)19)8-9-11(14)16/h6-7,10H,2-5,8-9H2,1H3,(H2,14,16)(H,15,17)(H,18,19)/t10-/m0/s1. The number of rotatable bonds is 10. The number of primary amides is 1. The van der Waals surface area contributed by atoms with Crippen LogP contribution in [0.5, 0.6) is 0 Å². The molecule has 6 heteroatoms. The highest BCUT2D eigenvalue weighted by atomic mass is 16.4. The molecule has 19 heavy (non-hydrogen) atoms. The largest absolute Gasteiger partial charge is 0.480 e. The molecule has 0 radical (unpaired) electrons. The van der Waals surface area contributed by atoms with E-state index in [-0.39, 0.29) is 12.8 Å². The van der Waals surface area contributed by atoms with Crippen molar-refractivity contribution in [3.8, 4) is 0 Å². The molecule has 0 bridgehead atoms. The Labute approximate surface area is 113 Å². The van der Waals surface area contributed by atoms with Crippen LogP contribution in [-0.2, 0) is 14.4 Å². The van der Waals surface area contributed by atoms with Gasteiger partial charge in [-0.15, -0.1) is 0 Å². The Balaban J connectivity index is 4.09. The molecule has 0 unspecified atom stereocenters. The molecule has 0 aromatic carbocycles. The van der Waals surface area contributed by atoms with Crippen LogP contribution in [0.2, 0.25) is 0 Å². The second-order valence-corrected chi connectivity index (χ2v) is 4.30. The lowest BCUT2D eigenvalue weighted by Gasteiger charge is -2.11. The maximum absolute atomic E-state index is 11.5. The highest BCUT2D eigenvalue weighted by molar-refractivity contribution is 5.91. The fourth-order valence-electron chi connectivity index (χ4n) is 1.47. The number of nitrogens with two attached hydrogens (primary N) is 1. The first-order valence-corrected chi connectivity index (χ1v) is 6.45. The van der Waals surface area contributed by atoms with E-state index in [2.05, 4.69) is 12.2 Å². The van der Waals surface area contributed by atoms with Crippen LogP contribution in [0.4, 0.5) is 0 Å². The minimum atomic E-state index is -1.17. The molecule has 0 rings (SSSR count). The molecular formula is C13H22N2O4. The third-order valence-corrected chi connectivity index (χ3v) is 2.54. The van der Waals surface area contributed by atoms with Crippen LogP contribution in [-0.4, -0.2) is 28.9 Å². The van der Waals surface area contributed by atoms with Crippen molar-refractivity contribution in [2.45, 2.75) is 51.5 Å². The first-order valence-electron chi connectivity index (χ1n) is 6.45. The van der Waals surface area contributed by atoms with E-state index in [1.165, 1.54) is 6.08 Å². The molecule has 0 saturated heterocycles. The molecule has 0 aliphatic rings. The van der Waals surface area contributed by atoms with Gasteiger partial charge in [-0.2, -0.15) is 0 Å². The van der Waals surface area contributed by atoms with Crippen molar-refractivity contribution < 1.29 is 19.5 Å². The summed E-state index contributed by atoms with van der Waals surface area (Å²) in [5.74, 6) is -2.22. The number of carboxylic acid groups (broad SMARTS) is 1.